The number of nitrogens with zero attached hydrogens (tertiary/aromatic N) is 1. The summed E-state index contributed by atoms with van der Waals surface area (Å²) in [5, 5.41) is 0. The molecule has 126 valence electrons. The molecule has 1 saturated heterocycles. The van der Waals surface area contributed by atoms with Gasteiger partial charge in [0.05, 0.1) is 25.5 Å². The average molecular weight is 353 g/mol. The fraction of sp³-hybridized carbons (Fsp3) is 0.500. The molecule has 0 aromatic heterocycles. The Kier molecular flexibility index (Phi) is 9.73. The van der Waals surface area contributed by atoms with Crippen molar-refractivity contribution in [1.82, 2.24) is 0 Å². The maximum absolute atomic E-state index is 11.4. The summed E-state index contributed by atoms with van der Waals surface area (Å²) in [7, 11) is 0. The highest BCUT2D eigenvalue weighted by molar-refractivity contribution is 5.85. The quantitative estimate of drug-likeness (QED) is 0.644. The fourth-order valence-corrected chi connectivity index (χ4v) is 2.05. The van der Waals surface area contributed by atoms with Crippen molar-refractivity contribution in [1.29, 1.82) is 0 Å². The second-order valence-electron chi connectivity index (χ2n) is 4.42. The first-order valence-electron chi connectivity index (χ1n) is 6.71. The van der Waals surface area contributed by atoms with Crippen molar-refractivity contribution in [2.45, 2.75) is 6.92 Å². The zero-order valence-corrected chi connectivity index (χ0v) is 14.1. The molecule has 6 nitrogen and oxygen atoms in total. The second kappa shape index (κ2) is 10.4. The van der Waals surface area contributed by atoms with Gasteiger partial charge in [0.1, 0.15) is 5.75 Å². The summed E-state index contributed by atoms with van der Waals surface area (Å²) in [6.07, 6.45) is 0. The molecule has 0 aliphatic carbocycles. The van der Waals surface area contributed by atoms with Crippen molar-refractivity contribution >= 4 is 42.2 Å². The van der Waals surface area contributed by atoms with Crippen LogP contribution in [0.2, 0.25) is 0 Å². The van der Waals surface area contributed by atoms with Crippen molar-refractivity contribution in [3.63, 3.8) is 0 Å². The maximum atomic E-state index is 11.4. The van der Waals surface area contributed by atoms with Gasteiger partial charge in [0.25, 0.3) is 0 Å². The number of hydrogen-bond donors (Lipinski definition) is 1. The van der Waals surface area contributed by atoms with E-state index in [4.69, 9.17) is 19.9 Å². The Morgan fingerprint density at radius 2 is 2.00 bits per heavy atom. The Bertz CT molecular complexity index is 468. The number of rotatable bonds is 5. The molecule has 1 heterocycles. The minimum atomic E-state index is -0.386. The Hall–Kier alpha value is -1.37. The molecular formula is C14H22Cl2N2O4. The normalized spacial score (nSPS) is 13.6. The summed E-state index contributed by atoms with van der Waals surface area (Å²) in [6.45, 7) is 4.93. The number of morpholine rings is 1. The van der Waals surface area contributed by atoms with Gasteiger partial charge in [-0.25, -0.2) is 4.79 Å². The van der Waals surface area contributed by atoms with Crippen LogP contribution in [0.1, 0.15) is 6.92 Å². The van der Waals surface area contributed by atoms with Gasteiger partial charge in [0.15, 0.2) is 6.61 Å². The number of anilines is 2. The largest absolute Gasteiger partial charge is 0.480 e. The van der Waals surface area contributed by atoms with Crippen LogP contribution >= 0.6 is 24.8 Å². The predicted octanol–water partition coefficient (Wildman–Crippen LogP) is 1.89. The van der Waals surface area contributed by atoms with E-state index in [0.29, 0.717) is 31.3 Å². The molecule has 1 fully saturated rings. The van der Waals surface area contributed by atoms with E-state index in [9.17, 15) is 4.79 Å². The maximum Gasteiger partial charge on any atom is 0.344 e. The first-order chi connectivity index (χ1) is 9.70. The third kappa shape index (κ3) is 5.79. The lowest BCUT2D eigenvalue weighted by atomic mass is 10.2. The highest BCUT2D eigenvalue weighted by Crippen LogP contribution is 2.31. The zero-order chi connectivity index (χ0) is 14.4. The van der Waals surface area contributed by atoms with Crippen molar-refractivity contribution < 1.29 is 19.0 Å². The summed E-state index contributed by atoms with van der Waals surface area (Å²) in [4.78, 5) is 13.5. The lowest BCUT2D eigenvalue weighted by Crippen LogP contribution is -2.36. The second-order valence-corrected chi connectivity index (χ2v) is 4.42. The predicted molar refractivity (Wildman–Crippen MR) is 90.5 cm³/mol. The van der Waals surface area contributed by atoms with E-state index in [2.05, 4.69) is 4.90 Å². The van der Waals surface area contributed by atoms with Crippen LogP contribution in [0, 0.1) is 0 Å². The van der Waals surface area contributed by atoms with Crippen molar-refractivity contribution in [2.24, 2.45) is 0 Å². The molecule has 1 aromatic rings. The van der Waals surface area contributed by atoms with Crippen molar-refractivity contribution in [3.05, 3.63) is 18.2 Å². The van der Waals surface area contributed by atoms with Crippen molar-refractivity contribution in [3.8, 4) is 5.75 Å². The van der Waals surface area contributed by atoms with Gasteiger partial charge in [-0.15, -0.1) is 24.8 Å². The zero-order valence-electron chi connectivity index (χ0n) is 12.4. The van der Waals surface area contributed by atoms with Crippen LogP contribution in [-0.4, -0.2) is 45.5 Å². The molecule has 0 spiro atoms. The SMILES string of the molecule is CCOC(=O)COc1cc(N)ccc1N1CCOCC1.Cl.Cl. The molecule has 22 heavy (non-hydrogen) atoms. The van der Waals surface area contributed by atoms with Crippen LogP contribution in [0.25, 0.3) is 0 Å². The van der Waals surface area contributed by atoms with Gasteiger partial charge in [-0.3, -0.25) is 0 Å². The summed E-state index contributed by atoms with van der Waals surface area (Å²) in [5.74, 6) is 0.211. The van der Waals surface area contributed by atoms with Crippen molar-refractivity contribution in [2.75, 3.05) is 50.2 Å². The van der Waals surface area contributed by atoms with Crippen LogP contribution < -0.4 is 15.4 Å². The number of carbonyl (C=O) groups is 1. The number of nitrogen functional groups attached to an aromatic ring is 1. The smallest absolute Gasteiger partial charge is 0.344 e. The van der Waals surface area contributed by atoms with Gasteiger partial charge in [0, 0.05) is 24.8 Å². The molecule has 0 unspecified atom stereocenters. The number of halogens is 2. The molecule has 1 aliphatic heterocycles. The number of carbonyl (C=O) groups excluding carboxylic acids is 1. The van der Waals surface area contributed by atoms with Crippen LogP contribution in [0.3, 0.4) is 0 Å². The number of nitrogens with two attached hydrogens (primary N) is 1. The minimum absolute atomic E-state index is 0. The molecular weight excluding hydrogens is 331 g/mol. The number of ether oxygens (including phenoxy) is 3. The lowest BCUT2D eigenvalue weighted by Gasteiger charge is -2.30. The third-order valence-corrected chi connectivity index (χ3v) is 2.99. The summed E-state index contributed by atoms with van der Waals surface area (Å²) >= 11 is 0. The molecule has 0 atom stereocenters. The minimum Gasteiger partial charge on any atom is -0.480 e. The molecule has 0 amide bonds. The van der Waals surface area contributed by atoms with Crippen LogP contribution in [-0.2, 0) is 14.3 Å². The Balaban J connectivity index is 0.00000220. The van der Waals surface area contributed by atoms with Gasteiger partial charge in [-0.05, 0) is 19.1 Å². The number of hydrogen-bond acceptors (Lipinski definition) is 6. The molecule has 2 N–H and O–H groups in total. The summed E-state index contributed by atoms with van der Waals surface area (Å²) in [6, 6.07) is 5.45. The van der Waals surface area contributed by atoms with E-state index in [1.807, 2.05) is 12.1 Å². The first-order valence-corrected chi connectivity index (χ1v) is 6.71. The van der Waals surface area contributed by atoms with Crippen LogP contribution in [0.15, 0.2) is 18.2 Å². The molecule has 0 bridgehead atoms. The monoisotopic (exact) mass is 352 g/mol. The van der Waals surface area contributed by atoms with Gasteiger partial charge >= 0.3 is 5.97 Å². The van der Waals surface area contributed by atoms with Gasteiger partial charge in [-0.2, -0.15) is 0 Å². The average Bonchev–Trinajstić information content (AvgIpc) is 2.46. The van der Waals surface area contributed by atoms with E-state index >= 15 is 0 Å². The summed E-state index contributed by atoms with van der Waals surface area (Å²) in [5.41, 5.74) is 7.30. The Labute approximate surface area is 142 Å². The Morgan fingerprint density at radius 1 is 1.32 bits per heavy atom. The van der Waals surface area contributed by atoms with Gasteiger partial charge < -0.3 is 24.8 Å². The molecule has 1 aromatic carbocycles. The lowest BCUT2D eigenvalue weighted by molar-refractivity contribution is -0.145. The molecule has 1 aliphatic rings. The molecule has 8 heteroatoms. The van der Waals surface area contributed by atoms with Gasteiger partial charge in [-0.1, -0.05) is 0 Å². The molecule has 0 radical (unpaired) electrons. The van der Waals surface area contributed by atoms with E-state index < -0.39 is 0 Å². The van der Waals surface area contributed by atoms with Crippen LogP contribution in [0.5, 0.6) is 5.75 Å². The van der Waals surface area contributed by atoms with E-state index in [-0.39, 0.29) is 37.4 Å². The fourth-order valence-electron chi connectivity index (χ4n) is 2.05. The molecule has 2 rings (SSSR count). The van der Waals surface area contributed by atoms with E-state index in [0.717, 1.165) is 18.8 Å². The topological polar surface area (TPSA) is 74.0 Å². The van der Waals surface area contributed by atoms with E-state index in [1.165, 1.54) is 0 Å². The first kappa shape index (κ1) is 20.6. The van der Waals surface area contributed by atoms with Gasteiger partial charge in [0.2, 0.25) is 0 Å². The molecule has 0 saturated carbocycles. The Morgan fingerprint density at radius 3 is 2.64 bits per heavy atom. The van der Waals surface area contributed by atoms with E-state index in [1.54, 1.807) is 13.0 Å². The highest BCUT2D eigenvalue weighted by atomic mass is 35.5. The van der Waals surface area contributed by atoms with Crippen LogP contribution in [0.4, 0.5) is 11.4 Å². The number of benzene rings is 1. The number of esters is 1. The summed E-state index contributed by atoms with van der Waals surface area (Å²) < 4.78 is 15.7. The third-order valence-electron chi connectivity index (χ3n) is 2.99. The standard InChI is InChI=1S/C14H20N2O4.2ClH/c1-2-19-14(17)10-20-13-9-11(15)3-4-12(13)16-5-7-18-8-6-16;;/h3-4,9H,2,5-8,10,15H2,1H3;2*1H. The highest BCUT2D eigenvalue weighted by Gasteiger charge is 2.16.